The average Bonchev–Trinajstić information content (AvgIpc) is 3.45. The lowest BCUT2D eigenvalue weighted by molar-refractivity contribution is 0.0729. The van der Waals surface area contributed by atoms with Crippen molar-refractivity contribution in [2.75, 3.05) is 13.6 Å². The van der Waals surface area contributed by atoms with Gasteiger partial charge in [-0.2, -0.15) is 5.10 Å². The van der Waals surface area contributed by atoms with Crippen molar-refractivity contribution >= 4 is 45.0 Å². The van der Waals surface area contributed by atoms with Gasteiger partial charge in [-0.1, -0.05) is 48.9 Å². The van der Waals surface area contributed by atoms with Crippen molar-refractivity contribution < 1.29 is 9.59 Å². The summed E-state index contributed by atoms with van der Waals surface area (Å²) < 4.78 is 4.22. The first kappa shape index (κ1) is 28.9. The molecule has 0 bridgehead atoms. The van der Waals surface area contributed by atoms with Gasteiger partial charge in [-0.05, 0) is 82.7 Å². The third-order valence-electron chi connectivity index (χ3n) is 8.03. The molecule has 0 fully saturated rings. The predicted octanol–water partition coefficient (Wildman–Crippen LogP) is 5.81. The Kier molecular flexibility index (Phi) is 7.94. The van der Waals surface area contributed by atoms with Crippen LogP contribution in [0.15, 0.2) is 88.3 Å². The van der Waals surface area contributed by atoms with Crippen LogP contribution in [-0.4, -0.2) is 44.5 Å². The van der Waals surface area contributed by atoms with Crippen LogP contribution in [0, 0.1) is 0 Å². The Morgan fingerprint density at radius 1 is 1.05 bits per heavy atom. The van der Waals surface area contributed by atoms with Crippen LogP contribution in [0.25, 0.3) is 11.3 Å². The Balaban J connectivity index is 1.47. The zero-order valence-corrected chi connectivity index (χ0v) is 26.0. The molecule has 3 heterocycles. The van der Waals surface area contributed by atoms with Gasteiger partial charge in [0.25, 0.3) is 17.4 Å². The Labute approximate surface area is 262 Å². The first-order valence-electron chi connectivity index (χ1n) is 14.0. The number of benzene rings is 3. The van der Waals surface area contributed by atoms with Crippen LogP contribution in [0.4, 0.5) is 0 Å². The number of hydrogen-bond donors (Lipinski definition) is 1. The second-order valence-corrected chi connectivity index (χ2v) is 12.0. The molecule has 1 unspecified atom stereocenters. The summed E-state index contributed by atoms with van der Waals surface area (Å²) in [6.07, 6.45) is 2.85. The minimum Gasteiger partial charge on any atom is -0.355 e. The van der Waals surface area contributed by atoms with Gasteiger partial charge in [0.15, 0.2) is 0 Å². The van der Waals surface area contributed by atoms with Crippen LogP contribution in [0.2, 0.25) is 5.02 Å². The lowest BCUT2D eigenvalue weighted by atomic mass is 9.95. The lowest BCUT2D eigenvalue weighted by Crippen LogP contribution is -2.41. The molecular formula is C33H29BrClN5O3. The highest BCUT2D eigenvalue weighted by Crippen LogP contribution is 2.29. The lowest BCUT2D eigenvalue weighted by Gasteiger charge is -2.30. The fourth-order valence-electron chi connectivity index (χ4n) is 5.72. The van der Waals surface area contributed by atoms with Gasteiger partial charge in [0.2, 0.25) is 0 Å². The number of carbonyl (C=O) groups is 2. The molecule has 0 aliphatic carbocycles. The third-order valence-corrected chi connectivity index (χ3v) is 9.26. The van der Waals surface area contributed by atoms with Crippen molar-refractivity contribution in [2.24, 2.45) is 0 Å². The van der Waals surface area contributed by atoms with Gasteiger partial charge in [-0.25, -0.2) is 4.52 Å². The minimum absolute atomic E-state index is 0.150. The van der Waals surface area contributed by atoms with E-state index >= 15 is 0 Å². The topological polar surface area (TPSA) is 88.7 Å². The molecule has 8 nitrogen and oxygen atoms in total. The highest BCUT2D eigenvalue weighted by atomic mass is 79.9. The number of carbonyl (C=O) groups excluding carboxylic acids is 2. The van der Waals surface area contributed by atoms with Crippen molar-refractivity contribution in [3.8, 4) is 5.69 Å². The molecule has 0 spiro atoms. The number of fused-ring (bicyclic) bond motifs is 3. The van der Waals surface area contributed by atoms with E-state index < -0.39 is 0 Å². The smallest absolute Gasteiger partial charge is 0.261 e. The molecule has 1 N–H and O–H groups in total. The number of nitrogens with one attached hydrogen (secondary N) is 1. The van der Waals surface area contributed by atoms with Gasteiger partial charge in [0.1, 0.15) is 5.65 Å². The van der Waals surface area contributed by atoms with Crippen molar-refractivity contribution in [3.05, 3.63) is 132 Å². The van der Waals surface area contributed by atoms with E-state index in [4.69, 9.17) is 16.7 Å². The highest BCUT2D eigenvalue weighted by molar-refractivity contribution is 9.10. The Bertz CT molecular complexity index is 1920. The van der Waals surface area contributed by atoms with E-state index in [2.05, 4.69) is 40.3 Å². The summed E-state index contributed by atoms with van der Waals surface area (Å²) in [5.74, 6) is -0.190. The molecule has 2 aromatic heterocycles. The van der Waals surface area contributed by atoms with Crippen molar-refractivity contribution in [1.82, 2.24) is 24.4 Å². The van der Waals surface area contributed by atoms with Gasteiger partial charge in [-0.3, -0.25) is 19.0 Å². The predicted molar refractivity (Wildman–Crippen MR) is 170 cm³/mol. The molecule has 1 aliphatic rings. The number of rotatable bonds is 6. The maximum atomic E-state index is 14.3. The summed E-state index contributed by atoms with van der Waals surface area (Å²) in [5, 5.41) is 7.88. The van der Waals surface area contributed by atoms with E-state index in [1.54, 1.807) is 59.0 Å². The molecule has 3 aromatic carbocycles. The van der Waals surface area contributed by atoms with E-state index in [1.165, 1.54) is 5.56 Å². The normalized spacial score (nSPS) is 13.5. The van der Waals surface area contributed by atoms with Crippen molar-refractivity contribution in [2.45, 2.75) is 32.2 Å². The second kappa shape index (κ2) is 11.8. The summed E-state index contributed by atoms with van der Waals surface area (Å²) in [6, 6.07) is 22.4. The number of amides is 2. The van der Waals surface area contributed by atoms with E-state index in [-0.39, 0.29) is 29.8 Å². The Morgan fingerprint density at radius 2 is 1.77 bits per heavy atom. The van der Waals surface area contributed by atoms with E-state index in [1.807, 2.05) is 28.9 Å². The van der Waals surface area contributed by atoms with Gasteiger partial charge in [-0.15, -0.1) is 0 Å². The highest BCUT2D eigenvalue weighted by Gasteiger charge is 2.29. The first-order valence-corrected chi connectivity index (χ1v) is 15.2. The molecule has 6 rings (SSSR count). The Morgan fingerprint density at radius 3 is 2.47 bits per heavy atom. The molecule has 5 aromatic rings. The molecule has 2 amide bonds. The number of hydrogen-bond acceptors (Lipinski definition) is 4. The van der Waals surface area contributed by atoms with Crippen LogP contribution in [0.3, 0.4) is 0 Å². The van der Waals surface area contributed by atoms with Gasteiger partial charge < -0.3 is 10.2 Å². The van der Waals surface area contributed by atoms with Gasteiger partial charge in [0, 0.05) is 40.3 Å². The number of halogens is 2. The quantitative estimate of drug-likeness (QED) is 0.250. The molecule has 1 atom stereocenters. The molecule has 43 heavy (non-hydrogen) atoms. The maximum absolute atomic E-state index is 14.3. The summed E-state index contributed by atoms with van der Waals surface area (Å²) in [5.41, 5.74) is 5.54. The molecule has 0 saturated heterocycles. The summed E-state index contributed by atoms with van der Waals surface area (Å²) in [4.78, 5) is 41.7. The van der Waals surface area contributed by atoms with Crippen molar-refractivity contribution in [3.63, 3.8) is 0 Å². The van der Waals surface area contributed by atoms with Crippen LogP contribution in [0.5, 0.6) is 0 Å². The van der Waals surface area contributed by atoms with Crippen LogP contribution in [0.1, 0.15) is 55.9 Å². The van der Waals surface area contributed by atoms with Crippen LogP contribution >= 0.6 is 27.5 Å². The van der Waals surface area contributed by atoms with Gasteiger partial charge in [0.05, 0.1) is 29.1 Å². The molecule has 218 valence electrons. The largest absolute Gasteiger partial charge is 0.355 e. The molecule has 1 aliphatic heterocycles. The van der Waals surface area contributed by atoms with Crippen LogP contribution in [-0.2, 0) is 19.4 Å². The van der Waals surface area contributed by atoms with E-state index in [9.17, 15) is 14.4 Å². The second-order valence-electron chi connectivity index (χ2n) is 10.7. The third kappa shape index (κ3) is 5.39. The number of nitrogens with zero attached hydrogens (tertiary/aromatic N) is 4. The zero-order valence-electron chi connectivity index (χ0n) is 23.7. The first-order chi connectivity index (χ1) is 20.8. The summed E-state index contributed by atoms with van der Waals surface area (Å²) in [6.45, 7) is 2.77. The fraction of sp³-hybridized carbons (Fsp3) is 0.212. The fourth-order valence-corrected chi connectivity index (χ4v) is 6.15. The number of aromatic nitrogens is 3. The average molecular weight is 659 g/mol. The van der Waals surface area contributed by atoms with Crippen LogP contribution < -0.4 is 10.9 Å². The zero-order chi connectivity index (χ0) is 30.2. The van der Waals surface area contributed by atoms with E-state index in [0.29, 0.717) is 62.6 Å². The summed E-state index contributed by atoms with van der Waals surface area (Å²) in [7, 11) is 1.58. The maximum Gasteiger partial charge on any atom is 0.261 e. The molecular weight excluding hydrogens is 630 g/mol. The van der Waals surface area contributed by atoms with Gasteiger partial charge >= 0.3 is 0 Å². The summed E-state index contributed by atoms with van der Waals surface area (Å²) >= 11 is 9.66. The standard InChI is InChI=1S/C33H29BrClN5O3/c1-20(21-6-4-3-5-7-21)16-24-18-37-40-29-19-38(32(42)23-10-13-27(34)28(35)17-23)15-14-26(29)33(43)39(31(24)40)25-11-8-22(9-12-25)30(41)36-2/h3-13,17-18,20H,14-16,19H2,1-2H3,(H,36,41). The molecule has 0 saturated carbocycles. The van der Waals surface area contributed by atoms with E-state index in [0.717, 1.165) is 5.56 Å². The Hall–Kier alpha value is -4.21. The monoisotopic (exact) mass is 657 g/mol. The minimum atomic E-state index is -0.201. The molecule has 10 heteroatoms. The SMILES string of the molecule is CNC(=O)c1ccc(-n2c(=O)c3c(n4ncc(CC(C)c5ccccc5)c24)CN(C(=O)c2ccc(Br)c(Cl)c2)CC3)cc1. The molecule has 0 radical (unpaired) electrons. The van der Waals surface area contributed by atoms with Crippen molar-refractivity contribution in [1.29, 1.82) is 0 Å².